The van der Waals surface area contributed by atoms with Crippen molar-refractivity contribution in [2.24, 2.45) is 0 Å². The molecule has 0 saturated carbocycles. The first kappa shape index (κ1) is 13.4. The van der Waals surface area contributed by atoms with E-state index in [1.54, 1.807) is 24.3 Å². The Morgan fingerprint density at radius 2 is 1.71 bits per heavy atom. The van der Waals surface area contributed by atoms with E-state index in [1.165, 1.54) is 4.90 Å². The van der Waals surface area contributed by atoms with Gasteiger partial charge >= 0.3 is 0 Å². The van der Waals surface area contributed by atoms with Crippen molar-refractivity contribution < 1.29 is 4.79 Å². The molecule has 0 aliphatic rings. The number of benzene rings is 1. The molecule has 0 spiro atoms. The molecule has 5 heteroatoms. The van der Waals surface area contributed by atoms with Crippen LogP contribution >= 0.6 is 15.9 Å². The van der Waals surface area contributed by atoms with Gasteiger partial charge in [-0.05, 0) is 12.1 Å². The van der Waals surface area contributed by atoms with E-state index in [-0.39, 0.29) is 25.4 Å². The highest BCUT2D eigenvalue weighted by molar-refractivity contribution is 9.10. The van der Waals surface area contributed by atoms with Gasteiger partial charge in [-0.1, -0.05) is 28.1 Å². The topological polar surface area (TPSA) is 67.9 Å². The second-order valence-corrected chi connectivity index (χ2v) is 4.31. The first-order chi connectivity index (χ1) is 8.17. The maximum Gasteiger partial charge on any atom is 0.176 e. The number of nitriles is 2. The molecule has 86 valence electrons. The minimum atomic E-state index is -0.0944. The number of ketones is 1. The third-order valence-corrected chi connectivity index (χ3v) is 2.65. The number of Topliss-reactive ketones (excluding diaryl/α,β-unsaturated/α-hetero) is 1. The Labute approximate surface area is 108 Å². The molecule has 1 aromatic carbocycles. The molecule has 1 rings (SSSR count). The van der Waals surface area contributed by atoms with Crippen LogP contribution in [0.15, 0.2) is 28.7 Å². The van der Waals surface area contributed by atoms with E-state index in [4.69, 9.17) is 10.5 Å². The molecule has 0 heterocycles. The van der Waals surface area contributed by atoms with Crippen LogP contribution in [-0.4, -0.2) is 30.3 Å². The van der Waals surface area contributed by atoms with Crippen molar-refractivity contribution in [2.45, 2.75) is 0 Å². The van der Waals surface area contributed by atoms with Gasteiger partial charge in [-0.15, -0.1) is 0 Å². The minimum Gasteiger partial charge on any atom is -0.293 e. The van der Waals surface area contributed by atoms with Crippen LogP contribution in [0.25, 0.3) is 0 Å². The van der Waals surface area contributed by atoms with E-state index < -0.39 is 0 Å². The number of carbonyl (C=O) groups is 1. The highest BCUT2D eigenvalue weighted by atomic mass is 79.9. The largest absolute Gasteiger partial charge is 0.293 e. The lowest BCUT2D eigenvalue weighted by Gasteiger charge is -2.13. The zero-order chi connectivity index (χ0) is 12.7. The second kappa shape index (κ2) is 6.80. The first-order valence-corrected chi connectivity index (χ1v) is 5.71. The van der Waals surface area contributed by atoms with Crippen LogP contribution in [0.3, 0.4) is 0 Å². The quantitative estimate of drug-likeness (QED) is 0.614. The molecule has 0 unspecified atom stereocenters. The molecular formula is C12H10BrN3O. The van der Waals surface area contributed by atoms with Crippen molar-refractivity contribution in [1.29, 1.82) is 10.5 Å². The van der Waals surface area contributed by atoms with E-state index in [1.807, 2.05) is 12.1 Å². The number of carbonyl (C=O) groups excluding carboxylic acids is 1. The van der Waals surface area contributed by atoms with Gasteiger partial charge in [-0.25, -0.2) is 0 Å². The fourth-order valence-corrected chi connectivity index (χ4v) is 1.56. The molecule has 0 aromatic heterocycles. The predicted molar refractivity (Wildman–Crippen MR) is 66.1 cm³/mol. The normalized spacial score (nSPS) is 9.65. The zero-order valence-corrected chi connectivity index (χ0v) is 10.6. The Bertz CT molecular complexity index is 454. The number of hydrogen-bond acceptors (Lipinski definition) is 4. The van der Waals surface area contributed by atoms with Crippen molar-refractivity contribution in [2.75, 3.05) is 19.6 Å². The standard InChI is InChI=1S/C12H10BrN3O/c13-11-3-1-10(2-4-11)12(17)9-16(7-5-14)8-6-15/h1-4H,7-9H2. The van der Waals surface area contributed by atoms with Gasteiger partial charge in [0, 0.05) is 10.0 Å². The predicted octanol–water partition coefficient (Wildman–Crippen LogP) is 1.98. The third-order valence-electron chi connectivity index (χ3n) is 2.12. The Balaban J connectivity index is 2.68. The smallest absolute Gasteiger partial charge is 0.176 e. The molecule has 0 aliphatic heterocycles. The van der Waals surface area contributed by atoms with Gasteiger partial charge < -0.3 is 0 Å². The molecule has 0 amide bonds. The van der Waals surface area contributed by atoms with Crippen molar-refractivity contribution in [3.05, 3.63) is 34.3 Å². The Morgan fingerprint density at radius 3 is 2.18 bits per heavy atom. The summed E-state index contributed by atoms with van der Waals surface area (Å²) in [5.74, 6) is -0.0944. The minimum absolute atomic E-state index is 0.0792. The third kappa shape index (κ3) is 4.36. The summed E-state index contributed by atoms with van der Waals surface area (Å²) in [6, 6.07) is 10.9. The maximum atomic E-state index is 11.8. The molecule has 0 atom stereocenters. The molecule has 0 fully saturated rings. The van der Waals surface area contributed by atoms with E-state index in [2.05, 4.69) is 15.9 Å². The summed E-state index contributed by atoms with van der Waals surface area (Å²) in [6.45, 7) is 0.244. The van der Waals surface area contributed by atoms with E-state index in [0.29, 0.717) is 5.56 Å². The van der Waals surface area contributed by atoms with Crippen LogP contribution in [0, 0.1) is 22.7 Å². The van der Waals surface area contributed by atoms with Gasteiger partial charge in [0.1, 0.15) is 0 Å². The van der Waals surface area contributed by atoms with Crippen molar-refractivity contribution in [1.82, 2.24) is 4.90 Å². The fraction of sp³-hybridized carbons (Fsp3) is 0.250. The van der Waals surface area contributed by atoms with Crippen molar-refractivity contribution in [3.63, 3.8) is 0 Å². The highest BCUT2D eigenvalue weighted by Crippen LogP contribution is 2.11. The van der Waals surface area contributed by atoms with Crippen LogP contribution in [0.4, 0.5) is 0 Å². The Hall–Kier alpha value is -1.69. The van der Waals surface area contributed by atoms with Crippen molar-refractivity contribution >= 4 is 21.7 Å². The lowest BCUT2D eigenvalue weighted by molar-refractivity contribution is 0.0946. The lowest BCUT2D eigenvalue weighted by Crippen LogP contribution is -2.30. The van der Waals surface area contributed by atoms with E-state index in [9.17, 15) is 4.79 Å². The Kier molecular flexibility index (Phi) is 5.35. The molecule has 0 saturated heterocycles. The van der Waals surface area contributed by atoms with Gasteiger partial charge in [-0.2, -0.15) is 10.5 Å². The molecule has 0 bridgehead atoms. The van der Waals surface area contributed by atoms with Gasteiger partial charge in [-0.3, -0.25) is 9.69 Å². The zero-order valence-electron chi connectivity index (χ0n) is 9.06. The number of nitrogens with zero attached hydrogens (tertiary/aromatic N) is 3. The summed E-state index contributed by atoms with van der Waals surface area (Å²) < 4.78 is 0.903. The molecule has 17 heavy (non-hydrogen) atoms. The summed E-state index contributed by atoms with van der Waals surface area (Å²) in [5.41, 5.74) is 0.578. The van der Waals surface area contributed by atoms with Crippen LogP contribution < -0.4 is 0 Å². The maximum absolute atomic E-state index is 11.8. The number of hydrogen-bond donors (Lipinski definition) is 0. The average Bonchev–Trinajstić information content (AvgIpc) is 2.30. The first-order valence-electron chi connectivity index (χ1n) is 4.92. The van der Waals surface area contributed by atoms with Gasteiger partial charge in [0.25, 0.3) is 0 Å². The number of halogens is 1. The summed E-state index contributed by atoms with van der Waals surface area (Å²) in [6.07, 6.45) is 0. The van der Waals surface area contributed by atoms with Gasteiger partial charge in [0.15, 0.2) is 5.78 Å². The van der Waals surface area contributed by atoms with Crippen LogP contribution in [0.2, 0.25) is 0 Å². The SMILES string of the molecule is N#CCN(CC#N)CC(=O)c1ccc(Br)cc1. The van der Waals surface area contributed by atoms with E-state index >= 15 is 0 Å². The highest BCUT2D eigenvalue weighted by Gasteiger charge is 2.11. The number of rotatable bonds is 5. The molecule has 0 N–H and O–H groups in total. The Morgan fingerprint density at radius 1 is 1.18 bits per heavy atom. The summed E-state index contributed by atoms with van der Waals surface area (Å²) in [4.78, 5) is 13.3. The molecule has 0 radical (unpaired) electrons. The molecule has 1 aromatic rings. The molecule has 4 nitrogen and oxygen atoms in total. The monoisotopic (exact) mass is 291 g/mol. The van der Waals surface area contributed by atoms with E-state index in [0.717, 1.165) is 4.47 Å². The van der Waals surface area contributed by atoms with Crippen LogP contribution in [0.1, 0.15) is 10.4 Å². The average molecular weight is 292 g/mol. The summed E-state index contributed by atoms with van der Waals surface area (Å²) in [5, 5.41) is 17.1. The second-order valence-electron chi connectivity index (χ2n) is 3.39. The summed E-state index contributed by atoms with van der Waals surface area (Å²) >= 11 is 3.29. The summed E-state index contributed by atoms with van der Waals surface area (Å²) in [7, 11) is 0. The van der Waals surface area contributed by atoms with Crippen molar-refractivity contribution in [3.8, 4) is 12.1 Å². The van der Waals surface area contributed by atoms with Gasteiger partial charge in [0.2, 0.25) is 0 Å². The van der Waals surface area contributed by atoms with Crippen LogP contribution in [-0.2, 0) is 0 Å². The molecule has 0 aliphatic carbocycles. The fourth-order valence-electron chi connectivity index (χ4n) is 1.30. The molecular weight excluding hydrogens is 282 g/mol. The van der Waals surface area contributed by atoms with Gasteiger partial charge in [0.05, 0.1) is 31.8 Å². The van der Waals surface area contributed by atoms with Crippen LogP contribution in [0.5, 0.6) is 0 Å². The lowest BCUT2D eigenvalue weighted by atomic mass is 10.1.